The van der Waals surface area contributed by atoms with Crippen LogP contribution < -0.4 is 4.74 Å². The summed E-state index contributed by atoms with van der Waals surface area (Å²) in [6.45, 7) is 1.06. The number of fused-ring (bicyclic) bond motifs is 1. The van der Waals surface area contributed by atoms with E-state index in [0.29, 0.717) is 0 Å². The van der Waals surface area contributed by atoms with E-state index in [0.717, 1.165) is 18.7 Å². The molecule has 4 heteroatoms. The molecule has 0 saturated carbocycles. The van der Waals surface area contributed by atoms with E-state index in [9.17, 15) is 0 Å². The van der Waals surface area contributed by atoms with Crippen molar-refractivity contribution in [2.24, 2.45) is 0 Å². The molecule has 0 fully saturated rings. The fraction of sp³-hybridized carbons (Fsp3) is 0.385. The van der Waals surface area contributed by atoms with E-state index in [1.807, 2.05) is 6.07 Å². The molecule has 17 heavy (non-hydrogen) atoms. The summed E-state index contributed by atoms with van der Waals surface area (Å²) < 4.78 is 6.51. The van der Waals surface area contributed by atoms with Gasteiger partial charge in [-0.25, -0.2) is 0 Å². The molecule has 0 amide bonds. The highest BCUT2D eigenvalue weighted by molar-refractivity contribution is 14.1. The van der Waals surface area contributed by atoms with Crippen LogP contribution in [0.4, 0.5) is 0 Å². The topological polar surface area (TPSA) is 28.3 Å². The molecule has 3 nitrogen and oxygen atoms in total. The number of nitrogens with zero attached hydrogens (tertiary/aromatic N) is 1. The lowest BCUT2D eigenvalue weighted by Crippen LogP contribution is -2.15. The van der Waals surface area contributed by atoms with E-state index in [1.54, 1.807) is 7.11 Å². The number of nitrogens with one attached hydrogen (secondary N) is 1. The third-order valence-corrected chi connectivity index (χ3v) is 3.79. The van der Waals surface area contributed by atoms with Crippen molar-refractivity contribution in [1.82, 2.24) is 9.88 Å². The Morgan fingerprint density at radius 1 is 1.35 bits per heavy atom. The molecule has 0 bridgehead atoms. The number of methoxy groups -OCH3 is 1. The van der Waals surface area contributed by atoms with Gasteiger partial charge in [0.05, 0.1) is 10.8 Å². The molecule has 0 aliphatic carbocycles. The van der Waals surface area contributed by atoms with Crippen LogP contribution in [0, 0.1) is 3.70 Å². The predicted octanol–water partition coefficient (Wildman–Crippen LogP) is 2.89. The lowest BCUT2D eigenvalue weighted by atomic mass is 10.1. The van der Waals surface area contributed by atoms with E-state index >= 15 is 0 Å². The van der Waals surface area contributed by atoms with Crippen LogP contribution in [-0.4, -0.2) is 37.6 Å². The molecular formula is C13H17IN2O. The normalized spacial score (nSPS) is 11.4. The number of hydrogen-bond donors (Lipinski definition) is 1. The van der Waals surface area contributed by atoms with E-state index in [2.05, 4.69) is 58.7 Å². The number of aromatic nitrogens is 1. The molecule has 2 aromatic rings. The molecule has 1 N–H and O–H groups in total. The Balaban J connectivity index is 2.41. The summed E-state index contributed by atoms with van der Waals surface area (Å²) in [6.07, 6.45) is 1.05. The number of aromatic amines is 1. The molecule has 0 aliphatic rings. The molecule has 0 aliphatic heterocycles. The van der Waals surface area contributed by atoms with Gasteiger partial charge in [0.15, 0.2) is 0 Å². The molecule has 0 spiro atoms. The van der Waals surface area contributed by atoms with Crippen molar-refractivity contribution in [3.63, 3.8) is 0 Å². The number of halogens is 1. The van der Waals surface area contributed by atoms with E-state index in [4.69, 9.17) is 4.74 Å². The zero-order chi connectivity index (χ0) is 12.4. The summed E-state index contributed by atoms with van der Waals surface area (Å²) in [7, 11) is 5.91. The summed E-state index contributed by atoms with van der Waals surface area (Å²) in [5.41, 5.74) is 2.57. The van der Waals surface area contributed by atoms with Gasteiger partial charge in [0.25, 0.3) is 0 Å². The molecule has 2 rings (SSSR count). The molecule has 0 unspecified atom stereocenters. The van der Waals surface area contributed by atoms with Crippen molar-refractivity contribution in [1.29, 1.82) is 0 Å². The van der Waals surface area contributed by atoms with Gasteiger partial charge in [-0.05, 0) is 66.9 Å². The molecule has 0 radical (unpaired) electrons. The lowest BCUT2D eigenvalue weighted by Gasteiger charge is -2.09. The third-order valence-electron chi connectivity index (χ3n) is 2.87. The Labute approximate surface area is 115 Å². The van der Waals surface area contributed by atoms with Gasteiger partial charge < -0.3 is 14.6 Å². The maximum atomic E-state index is 5.29. The summed E-state index contributed by atoms with van der Waals surface area (Å²) >= 11 is 2.37. The number of likely N-dealkylation sites (N-methyl/N-ethyl adjacent to an activating group) is 1. The van der Waals surface area contributed by atoms with Gasteiger partial charge in [-0.3, -0.25) is 0 Å². The summed E-state index contributed by atoms with van der Waals surface area (Å²) in [5.74, 6) is 0.916. The minimum absolute atomic E-state index is 0.916. The molecule has 92 valence electrons. The van der Waals surface area contributed by atoms with Crippen molar-refractivity contribution in [2.75, 3.05) is 27.7 Å². The van der Waals surface area contributed by atoms with Gasteiger partial charge >= 0.3 is 0 Å². The minimum Gasteiger partial charge on any atom is -0.497 e. The highest BCUT2D eigenvalue weighted by Gasteiger charge is 2.10. The van der Waals surface area contributed by atoms with E-state index in [1.165, 1.54) is 20.2 Å². The number of ether oxygens (including phenoxy) is 1. The maximum absolute atomic E-state index is 5.29. The minimum atomic E-state index is 0.916. The SMILES string of the molecule is COc1ccc2[nH]c([131I])c(CCN(C)C)c2c1. The Hall–Kier alpha value is -0.750. The van der Waals surface area contributed by atoms with Crippen LogP contribution in [0.5, 0.6) is 5.75 Å². The van der Waals surface area contributed by atoms with Crippen molar-refractivity contribution >= 4 is 33.5 Å². The Morgan fingerprint density at radius 2 is 2.12 bits per heavy atom. The van der Waals surface area contributed by atoms with Gasteiger partial charge in [-0.15, -0.1) is 0 Å². The molecular weight excluding hydrogens is 331 g/mol. The first-order valence-corrected chi connectivity index (χ1v) is 6.68. The molecule has 1 aromatic carbocycles. The maximum Gasteiger partial charge on any atom is 0.119 e. The zero-order valence-electron chi connectivity index (χ0n) is 10.4. The van der Waals surface area contributed by atoms with Gasteiger partial charge in [0.1, 0.15) is 5.75 Å². The van der Waals surface area contributed by atoms with Crippen LogP contribution >= 0.6 is 22.6 Å². The molecule has 1 aromatic heterocycles. The number of hydrogen-bond acceptors (Lipinski definition) is 2. The smallest absolute Gasteiger partial charge is 0.119 e. The first-order chi connectivity index (χ1) is 8.11. The summed E-state index contributed by atoms with van der Waals surface area (Å²) in [5, 5.41) is 1.27. The first-order valence-electron chi connectivity index (χ1n) is 5.60. The Kier molecular flexibility index (Phi) is 3.93. The monoisotopic (exact) mass is 348 g/mol. The Bertz CT molecular complexity index is 519. The average molecular weight is 348 g/mol. The molecule has 1 heterocycles. The van der Waals surface area contributed by atoms with Crippen molar-refractivity contribution in [3.8, 4) is 5.75 Å². The second-order valence-electron chi connectivity index (χ2n) is 4.38. The van der Waals surface area contributed by atoms with Crippen molar-refractivity contribution in [2.45, 2.75) is 6.42 Å². The second-order valence-corrected chi connectivity index (χ2v) is 5.46. The van der Waals surface area contributed by atoms with E-state index in [-0.39, 0.29) is 0 Å². The fourth-order valence-electron chi connectivity index (χ4n) is 1.90. The first kappa shape index (κ1) is 12.7. The van der Waals surface area contributed by atoms with Crippen molar-refractivity contribution in [3.05, 3.63) is 27.5 Å². The molecule has 0 saturated heterocycles. The van der Waals surface area contributed by atoms with Crippen LogP contribution in [0.15, 0.2) is 18.2 Å². The van der Waals surface area contributed by atoms with E-state index < -0.39 is 0 Å². The predicted molar refractivity (Wildman–Crippen MR) is 79.8 cm³/mol. The van der Waals surface area contributed by atoms with Crippen molar-refractivity contribution < 1.29 is 4.74 Å². The average Bonchev–Trinajstić information content (AvgIpc) is 2.61. The van der Waals surface area contributed by atoms with Crippen LogP contribution in [-0.2, 0) is 6.42 Å². The number of H-pyrrole nitrogens is 1. The third kappa shape index (κ3) is 2.74. The van der Waals surface area contributed by atoms with Gasteiger partial charge in [0.2, 0.25) is 0 Å². The van der Waals surface area contributed by atoms with Gasteiger partial charge in [-0.2, -0.15) is 0 Å². The highest BCUT2D eigenvalue weighted by atomic mass is 131. The Morgan fingerprint density at radius 3 is 2.76 bits per heavy atom. The lowest BCUT2D eigenvalue weighted by molar-refractivity contribution is 0.413. The number of benzene rings is 1. The van der Waals surface area contributed by atoms with Gasteiger partial charge in [-0.1, -0.05) is 0 Å². The highest BCUT2D eigenvalue weighted by Crippen LogP contribution is 2.27. The largest absolute Gasteiger partial charge is 0.497 e. The molecule has 0 atom stereocenters. The van der Waals surface area contributed by atoms with Crippen LogP contribution in [0.1, 0.15) is 5.56 Å². The van der Waals surface area contributed by atoms with Crippen LogP contribution in [0.2, 0.25) is 0 Å². The number of rotatable bonds is 4. The standard InChI is InChI=1S/C13H17IN2O/c1-16(2)7-6-10-11-8-9(17-3)4-5-12(11)15-13(10)14/h4-5,8,15H,6-7H2,1-3H3/i14+4. The second kappa shape index (κ2) is 5.27. The quantitative estimate of drug-likeness (QED) is 0.861. The van der Waals surface area contributed by atoms with Crippen LogP contribution in [0.3, 0.4) is 0 Å². The van der Waals surface area contributed by atoms with Crippen LogP contribution in [0.25, 0.3) is 10.9 Å². The zero-order valence-corrected chi connectivity index (χ0v) is 12.5. The van der Waals surface area contributed by atoms with Gasteiger partial charge in [0, 0.05) is 17.4 Å². The fourth-order valence-corrected chi connectivity index (χ4v) is 2.75. The summed E-state index contributed by atoms with van der Waals surface area (Å²) in [6, 6.07) is 6.18. The summed E-state index contributed by atoms with van der Waals surface area (Å²) in [4.78, 5) is 5.62.